The lowest BCUT2D eigenvalue weighted by atomic mass is 9.85. The molecule has 29 heteroatoms. The molecule has 0 rings (SSSR count). The van der Waals surface area contributed by atoms with E-state index in [4.69, 9.17) is 0 Å². The van der Waals surface area contributed by atoms with E-state index in [2.05, 4.69) is 6.92 Å². The van der Waals surface area contributed by atoms with Crippen molar-refractivity contribution in [2.75, 3.05) is 13.1 Å². The van der Waals surface area contributed by atoms with Gasteiger partial charge in [0.05, 0.1) is 0 Å². The van der Waals surface area contributed by atoms with Crippen molar-refractivity contribution < 1.29 is 118 Å². The van der Waals surface area contributed by atoms with Crippen LogP contribution in [0.1, 0.15) is 6.92 Å². The summed E-state index contributed by atoms with van der Waals surface area (Å²) in [4.78, 5) is 0. The highest BCUT2D eigenvalue weighted by Gasteiger charge is 3.00. The van der Waals surface area contributed by atoms with Crippen molar-refractivity contribution in [1.82, 2.24) is 4.31 Å². The Kier molecular flexibility index (Phi) is 10.4. The first-order valence-electron chi connectivity index (χ1n) is 10.0. The van der Waals surface area contributed by atoms with Gasteiger partial charge in [0, 0.05) is 13.1 Å². The molecule has 0 aromatic heterocycles. The predicted molar refractivity (Wildman–Crippen MR) is 92.0 cm³/mol. The molecule has 0 N–H and O–H groups in total. The van der Waals surface area contributed by atoms with Crippen molar-refractivity contribution in [2.24, 2.45) is 0 Å². The summed E-state index contributed by atoms with van der Waals surface area (Å²) in [5, 5.41) is -7.91. The van der Waals surface area contributed by atoms with E-state index in [-0.39, 0.29) is 0 Å². The van der Waals surface area contributed by atoms with Crippen LogP contribution in [0.3, 0.4) is 0 Å². The first-order chi connectivity index (χ1) is 19.0. The van der Waals surface area contributed by atoms with Gasteiger partial charge in [-0.2, -0.15) is 114 Å². The van der Waals surface area contributed by atoms with Crippen LogP contribution in [-0.4, -0.2) is 96.5 Å². The molecule has 0 unspecified atom stereocenters. The molecule has 271 valence electrons. The molecule has 0 aromatic rings. The molecular weight excluding hydrogens is 745 g/mol. The smallest absolute Gasteiger partial charge is 0.206 e. The van der Waals surface area contributed by atoms with E-state index >= 15 is 0 Å². The van der Waals surface area contributed by atoms with Gasteiger partial charge in [0.15, 0.2) is 0 Å². The third kappa shape index (κ3) is 5.04. The molecule has 0 aromatic carbocycles. The van der Waals surface area contributed by atoms with Gasteiger partial charge in [0.2, 0.25) is 0 Å². The van der Waals surface area contributed by atoms with Crippen molar-refractivity contribution in [2.45, 2.75) is 77.6 Å². The Labute approximate surface area is 231 Å². The maximum atomic E-state index is 14.0. The molecule has 0 heterocycles. The molecule has 0 aliphatic carbocycles. The van der Waals surface area contributed by atoms with Crippen molar-refractivity contribution in [3.8, 4) is 0 Å². The molecule has 0 bridgehead atoms. The average Bonchev–Trinajstić information content (AvgIpc) is 2.82. The Bertz CT molecular complexity index is 1180. The fraction of sp³-hybridized carbons (Fsp3) is 0.938. The summed E-state index contributed by atoms with van der Waals surface area (Å²) in [5.41, 5.74) is 0. The second-order valence-electron chi connectivity index (χ2n) is 8.26. The Morgan fingerprint density at radius 3 is 0.800 bits per heavy atom. The fourth-order valence-electron chi connectivity index (χ4n) is 2.71. The van der Waals surface area contributed by atoms with Crippen molar-refractivity contribution in [1.29, 1.82) is 0 Å². The van der Waals surface area contributed by atoms with Crippen LogP contribution in [-0.2, 0) is 10.0 Å². The number of rotatable bonds is 14. The molecule has 1 radical (unpaired) electrons. The van der Waals surface area contributed by atoms with E-state index in [0.717, 1.165) is 0 Å². The lowest BCUT2D eigenvalue weighted by Crippen LogP contribution is -2.78. The Morgan fingerprint density at radius 1 is 0.422 bits per heavy atom. The van der Waals surface area contributed by atoms with Crippen LogP contribution in [0.2, 0.25) is 0 Å². The molecular formula is C16H9F25NO2S. The second-order valence-corrected chi connectivity index (χ2v) is 10.2. The van der Waals surface area contributed by atoms with Gasteiger partial charge in [-0.05, 0) is 6.92 Å². The summed E-state index contributed by atoms with van der Waals surface area (Å²) in [7, 11) is -7.57. The molecule has 0 aliphatic rings. The largest absolute Gasteiger partial charge is 0.460 e. The first kappa shape index (κ1) is 43.2. The van der Waals surface area contributed by atoms with Gasteiger partial charge >= 0.3 is 70.7 Å². The number of hydrogen-bond acceptors (Lipinski definition) is 2. The molecule has 0 spiro atoms. The lowest BCUT2D eigenvalue weighted by Gasteiger charge is -2.45. The highest BCUT2D eigenvalue weighted by Crippen LogP contribution is 2.68. The van der Waals surface area contributed by atoms with E-state index in [0.29, 0.717) is 6.92 Å². The van der Waals surface area contributed by atoms with Crippen LogP contribution in [0, 0.1) is 6.92 Å². The zero-order chi connectivity index (χ0) is 37.5. The molecule has 45 heavy (non-hydrogen) atoms. The maximum absolute atomic E-state index is 14.0. The molecule has 0 atom stereocenters. The van der Waals surface area contributed by atoms with Crippen molar-refractivity contribution in [3.05, 3.63) is 6.92 Å². The fourth-order valence-corrected chi connectivity index (χ4v) is 4.07. The minimum absolute atomic E-state index is 0.393. The third-order valence-electron chi connectivity index (χ3n) is 5.54. The minimum atomic E-state index is -9.73. The summed E-state index contributed by atoms with van der Waals surface area (Å²) in [6.07, 6.45) is -8.22. The van der Waals surface area contributed by atoms with E-state index in [1.165, 1.54) is 0 Å². The number of sulfonamides is 1. The SMILES string of the molecule is [CH2]CN(CC)S(=O)(=O)C(F)(F)C(F)(F)C(F)(F)C(F)(F)C(F)(F)C(F)(F)C(F)(F)C(F)(F)C(F)(F)C(F)(F)C(F)(F)C(F)(F)F. The Balaban J connectivity index is 7.53. The Morgan fingerprint density at radius 2 is 0.622 bits per heavy atom. The first-order valence-corrected chi connectivity index (χ1v) is 11.5. The van der Waals surface area contributed by atoms with E-state index < -0.39 is 98.1 Å². The highest BCUT2D eigenvalue weighted by atomic mass is 32.2. The number of halogens is 25. The monoisotopic (exact) mass is 754 g/mol. The zero-order valence-electron chi connectivity index (χ0n) is 20.2. The van der Waals surface area contributed by atoms with Crippen LogP contribution in [0.25, 0.3) is 0 Å². The van der Waals surface area contributed by atoms with E-state index in [9.17, 15) is 118 Å². The summed E-state index contributed by atoms with van der Waals surface area (Å²) in [5.74, 6) is -93.5. The van der Waals surface area contributed by atoms with E-state index in [1.54, 1.807) is 0 Å². The van der Waals surface area contributed by atoms with Gasteiger partial charge in [0.25, 0.3) is 10.0 Å². The van der Waals surface area contributed by atoms with Gasteiger partial charge in [-0.15, -0.1) is 0 Å². The van der Waals surface area contributed by atoms with Crippen LogP contribution in [0.4, 0.5) is 110 Å². The lowest BCUT2D eigenvalue weighted by molar-refractivity contribution is -0.480. The predicted octanol–water partition coefficient (Wildman–Crippen LogP) is 7.98. The van der Waals surface area contributed by atoms with Gasteiger partial charge in [-0.3, -0.25) is 0 Å². The summed E-state index contributed by atoms with van der Waals surface area (Å²) >= 11 is 0. The maximum Gasteiger partial charge on any atom is 0.460 e. The number of nitrogens with zero attached hydrogens (tertiary/aromatic N) is 1. The second kappa shape index (κ2) is 10.8. The summed E-state index contributed by atoms with van der Waals surface area (Å²) in [6, 6.07) is 0. The van der Waals surface area contributed by atoms with Crippen molar-refractivity contribution >= 4 is 10.0 Å². The average molecular weight is 754 g/mol. The molecule has 3 nitrogen and oxygen atoms in total. The topological polar surface area (TPSA) is 37.4 Å². The normalized spacial score (nSPS) is 16.9. The Hall–Kier alpha value is -1.84. The van der Waals surface area contributed by atoms with Gasteiger partial charge in [0.1, 0.15) is 0 Å². The molecule has 0 amide bonds. The van der Waals surface area contributed by atoms with Crippen LogP contribution < -0.4 is 0 Å². The molecule has 0 saturated heterocycles. The third-order valence-corrected chi connectivity index (χ3v) is 7.56. The summed E-state index contributed by atoms with van der Waals surface area (Å²) in [6.45, 7) is -0.395. The van der Waals surface area contributed by atoms with Gasteiger partial charge in [-0.25, -0.2) is 8.42 Å². The summed E-state index contributed by atoms with van der Waals surface area (Å²) < 4.78 is 357. The van der Waals surface area contributed by atoms with Crippen LogP contribution >= 0.6 is 0 Å². The number of hydrogen-bond donors (Lipinski definition) is 0. The molecule has 0 aliphatic heterocycles. The van der Waals surface area contributed by atoms with Crippen LogP contribution in [0.5, 0.6) is 0 Å². The highest BCUT2D eigenvalue weighted by molar-refractivity contribution is 7.90. The zero-order valence-corrected chi connectivity index (χ0v) is 21.1. The van der Waals surface area contributed by atoms with Gasteiger partial charge < -0.3 is 0 Å². The van der Waals surface area contributed by atoms with Crippen LogP contribution in [0.15, 0.2) is 0 Å². The minimum Gasteiger partial charge on any atom is -0.206 e. The standard InChI is InChI=1S/C16H9F25NO2S/c1-3-42(4-2)45(43,44)16(40,41)14(35,36)12(31,32)10(27,28)8(23,24)6(19,20)5(17,18)7(21,22)9(25,26)11(29,30)13(33,34)15(37,38)39/h1,3-4H2,2H3. The molecule has 0 saturated carbocycles. The van der Waals surface area contributed by atoms with E-state index in [1.807, 2.05) is 0 Å². The molecule has 0 fully saturated rings. The quantitative estimate of drug-likeness (QED) is 0.169. The number of alkyl halides is 25. The van der Waals surface area contributed by atoms with Gasteiger partial charge in [-0.1, -0.05) is 6.92 Å². The van der Waals surface area contributed by atoms with Crippen molar-refractivity contribution in [3.63, 3.8) is 0 Å².